The van der Waals surface area contributed by atoms with E-state index in [-0.39, 0.29) is 17.7 Å². The first-order valence-corrected chi connectivity index (χ1v) is 10.1. The topological polar surface area (TPSA) is 82.7 Å². The molecule has 6 nitrogen and oxygen atoms in total. The number of fused-ring (bicyclic) bond motifs is 1. The van der Waals surface area contributed by atoms with Crippen molar-refractivity contribution in [3.8, 4) is 11.1 Å². The van der Waals surface area contributed by atoms with E-state index in [4.69, 9.17) is 0 Å². The summed E-state index contributed by atoms with van der Waals surface area (Å²) in [7, 11) is 0. The molecule has 5 rings (SSSR count). The number of carbonyl (C=O) groups is 1. The van der Waals surface area contributed by atoms with Crippen LogP contribution in [0.2, 0.25) is 0 Å². The van der Waals surface area contributed by atoms with Crippen LogP contribution in [0.15, 0.2) is 60.9 Å². The Balaban J connectivity index is 1.36. The molecule has 140 valence electrons. The Labute approximate surface area is 166 Å². The van der Waals surface area contributed by atoms with E-state index in [9.17, 15) is 4.79 Å². The minimum absolute atomic E-state index is 0.0213. The van der Waals surface area contributed by atoms with E-state index in [2.05, 4.69) is 44.0 Å². The fraction of sp³-hybridized carbons (Fsp3) is 0.190. The van der Waals surface area contributed by atoms with E-state index in [0.29, 0.717) is 11.7 Å². The minimum Gasteiger partial charge on any atom is -0.315 e. The number of nitrogens with one attached hydrogen (secondary N) is 3. The summed E-state index contributed by atoms with van der Waals surface area (Å²) >= 11 is 1.50. The van der Waals surface area contributed by atoms with E-state index in [1.807, 2.05) is 36.5 Å². The normalized spacial score (nSPS) is 19.1. The summed E-state index contributed by atoms with van der Waals surface area (Å²) in [6.45, 7) is 1.50. The van der Waals surface area contributed by atoms with Crippen LogP contribution in [0, 0.1) is 5.92 Å². The number of hydrogen-bond acceptors (Lipinski definition) is 5. The third kappa shape index (κ3) is 3.19. The van der Waals surface area contributed by atoms with Gasteiger partial charge < -0.3 is 10.6 Å². The van der Waals surface area contributed by atoms with Gasteiger partial charge in [-0.2, -0.15) is 5.10 Å². The van der Waals surface area contributed by atoms with Crippen molar-refractivity contribution in [1.82, 2.24) is 20.5 Å². The quantitative estimate of drug-likeness (QED) is 0.498. The van der Waals surface area contributed by atoms with E-state index in [0.717, 1.165) is 27.9 Å². The molecule has 0 aliphatic carbocycles. The summed E-state index contributed by atoms with van der Waals surface area (Å²) in [4.78, 5) is 17.5. The zero-order valence-corrected chi connectivity index (χ0v) is 15.9. The molecule has 0 spiro atoms. The molecule has 1 aliphatic heterocycles. The Morgan fingerprint density at radius 3 is 2.82 bits per heavy atom. The highest BCUT2D eigenvalue weighted by Crippen LogP contribution is 2.32. The molecule has 1 amide bonds. The number of nitrogens with zero attached hydrogens (tertiary/aromatic N) is 2. The maximum absolute atomic E-state index is 12.9. The lowest BCUT2D eigenvalue weighted by atomic mass is 9.88. The SMILES string of the molecule is O=C(Nc1nc2ccc(-c3cn[nH]c3)cc2s1)[C@H]1CNC[C@@H]1c1ccccc1. The molecule has 0 unspecified atom stereocenters. The van der Waals surface area contributed by atoms with E-state index in [1.54, 1.807) is 6.20 Å². The average Bonchev–Trinajstić information content (AvgIpc) is 3.47. The maximum atomic E-state index is 12.9. The molecule has 28 heavy (non-hydrogen) atoms. The van der Waals surface area contributed by atoms with Crippen LogP contribution in [-0.2, 0) is 4.79 Å². The van der Waals surface area contributed by atoms with Crippen LogP contribution in [0.4, 0.5) is 5.13 Å². The molecule has 0 bridgehead atoms. The second-order valence-corrected chi connectivity index (χ2v) is 7.99. The van der Waals surface area contributed by atoms with Crippen LogP contribution in [0.5, 0.6) is 0 Å². The number of amides is 1. The Morgan fingerprint density at radius 1 is 1.11 bits per heavy atom. The highest BCUT2D eigenvalue weighted by molar-refractivity contribution is 7.22. The van der Waals surface area contributed by atoms with Gasteiger partial charge in [0.05, 0.1) is 22.3 Å². The van der Waals surface area contributed by atoms with Crippen molar-refractivity contribution in [1.29, 1.82) is 0 Å². The number of H-pyrrole nitrogens is 1. The Bertz CT molecular complexity index is 1110. The van der Waals surface area contributed by atoms with Crippen molar-refractivity contribution in [3.05, 3.63) is 66.5 Å². The predicted octanol–water partition coefficient (Wildman–Crippen LogP) is 3.63. The van der Waals surface area contributed by atoms with Crippen molar-refractivity contribution in [2.75, 3.05) is 18.4 Å². The highest BCUT2D eigenvalue weighted by atomic mass is 32.1. The molecule has 7 heteroatoms. The van der Waals surface area contributed by atoms with Gasteiger partial charge in [-0.15, -0.1) is 0 Å². The zero-order chi connectivity index (χ0) is 18.9. The number of hydrogen-bond donors (Lipinski definition) is 3. The van der Waals surface area contributed by atoms with Gasteiger partial charge in [-0.05, 0) is 23.3 Å². The largest absolute Gasteiger partial charge is 0.315 e. The van der Waals surface area contributed by atoms with Crippen LogP contribution < -0.4 is 10.6 Å². The number of carbonyl (C=O) groups excluding carboxylic acids is 1. The average molecular weight is 389 g/mol. The molecule has 2 aromatic carbocycles. The molecule has 0 saturated carbocycles. The van der Waals surface area contributed by atoms with Crippen LogP contribution in [0.1, 0.15) is 11.5 Å². The number of rotatable bonds is 4. The van der Waals surface area contributed by atoms with E-state index in [1.165, 1.54) is 16.9 Å². The smallest absolute Gasteiger partial charge is 0.231 e. The van der Waals surface area contributed by atoms with Gasteiger partial charge in [0.15, 0.2) is 5.13 Å². The first kappa shape index (κ1) is 17.1. The number of anilines is 1. The van der Waals surface area contributed by atoms with Crippen molar-refractivity contribution in [2.24, 2.45) is 5.92 Å². The molecule has 0 radical (unpaired) electrons. The number of thiazole rings is 1. The number of benzene rings is 2. The molecule has 1 fully saturated rings. The standard InChI is InChI=1S/C21H19N5OS/c27-20(17-12-22-11-16(17)13-4-2-1-3-5-13)26-21-25-18-7-6-14(8-19(18)28-21)15-9-23-24-10-15/h1-10,16-17,22H,11-12H2,(H,23,24)(H,25,26,27)/t16-,17+/m1/s1. The Morgan fingerprint density at radius 2 is 2.00 bits per heavy atom. The van der Waals surface area contributed by atoms with Gasteiger partial charge in [-0.1, -0.05) is 47.7 Å². The second-order valence-electron chi connectivity index (χ2n) is 6.96. The Hall–Kier alpha value is -3.03. The van der Waals surface area contributed by atoms with Gasteiger partial charge in [-0.25, -0.2) is 4.98 Å². The molecule has 4 aromatic rings. The first-order valence-electron chi connectivity index (χ1n) is 9.24. The summed E-state index contributed by atoms with van der Waals surface area (Å²) in [5.74, 6) is 0.104. The molecule has 1 aliphatic rings. The van der Waals surface area contributed by atoms with E-state index >= 15 is 0 Å². The molecule has 2 aromatic heterocycles. The molecule has 3 N–H and O–H groups in total. The van der Waals surface area contributed by atoms with Crippen molar-refractivity contribution >= 4 is 32.6 Å². The first-order chi connectivity index (χ1) is 13.8. The number of aromatic nitrogens is 3. The molecular weight excluding hydrogens is 370 g/mol. The highest BCUT2D eigenvalue weighted by Gasteiger charge is 2.34. The van der Waals surface area contributed by atoms with Gasteiger partial charge in [-0.3, -0.25) is 9.89 Å². The van der Waals surface area contributed by atoms with Crippen LogP contribution in [0.3, 0.4) is 0 Å². The van der Waals surface area contributed by atoms with E-state index < -0.39 is 0 Å². The lowest BCUT2D eigenvalue weighted by Gasteiger charge is -2.17. The zero-order valence-electron chi connectivity index (χ0n) is 15.1. The summed E-state index contributed by atoms with van der Waals surface area (Å²) in [6.07, 6.45) is 3.66. The molecule has 1 saturated heterocycles. The molecule has 3 heterocycles. The van der Waals surface area contributed by atoms with Crippen molar-refractivity contribution in [2.45, 2.75) is 5.92 Å². The lowest BCUT2D eigenvalue weighted by Crippen LogP contribution is -2.28. The van der Waals surface area contributed by atoms with Gasteiger partial charge in [0.1, 0.15) is 0 Å². The summed E-state index contributed by atoms with van der Waals surface area (Å²) in [5, 5.41) is 13.9. The second kappa shape index (κ2) is 7.18. The predicted molar refractivity (Wildman–Crippen MR) is 111 cm³/mol. The summed E-state index contributed by atoms with van der Waals surface area (Å²) in [5.41, 5.74) is 4.19. The van der Waals surface area contributed by atoms with Crippen molar-refractivity contribution in [3.63, 3.8) is 0 Å². The van der Waals surface area contributed by atoms with Gasteiger partial charge >= 0.3 is 0 Å². The fourth-order valence-corrected chi connectivity index (χ4v) is 4.68. The monoisotopic (exact) mass is 389 g/mol. The van der Waals surface area contributed by atoms with Gasteiger partial charge in [0.2, 0.25) is 5.91 Å². The Kier molecular flexibility index (Phi) is 4.38. The molecule has 2 atom stereocenters. The summed E-state index contributed by atoms with van der Waals surface area (Å²) in [6, 6.07) is 16.3. The number of aromatic amines is 1. The lowest BCUT2D eigenvalue weighted by molar-refractivity contribution is -0.119. The van der Waals surface area contributed by atoms with Crippen LogP contribution in [-0.4, -0.2) is 34.2 Å². The van der Waals surface area contributed by atoms with Crippen LogP contribution in [0.25, 0.3) is 21.3 Å². The third-order valence-corrected chi connectivity index (χ3v) is 6.16. The third-order valence-electron chi connectivity index (χ3n) is 5.23. The maximum Gasteiger partial charge on any atom is 0.231 e. The van der Waals surface area contributed by atoms with Crippen LogP contribution >= 0.6 is 11.3 Å². The van der Waals surface area contributed by atoms with Gasteiger partial charge in [0, 0.05) is 30.8 Å². The fourth-order valence-electron chi connectivity index (χ4n) is 3.77. The summed E-state index contributed by atoms with van der Waals surface area (Å²) < 4.78 is 1.04. The van der Waals surface area contributed by atoms with Gasteiger partial charge in [0.25, 0.3) is 0 Å². The van der Waals surface area contributed by atoms with Crippen molar-refractivity contribution < 1.29 is 4.79 Å². The molecular formula is C21H19N5OS. The minimum atomic E-state index is -0.101.